The third-order valence-electron chi connectivity index (χ3n) is 4.79. The van der Waals surface area contributed by atoms with E-state index < -0.39 is 11.6 Å². The van der Waals surface area contributed by atoms with Crippen LogP contribution in [0.5, 0.6) is 5.75 Å². The summed E-state index contributed by atoms with van der Waals surface area (Å²) in [5.41, 5.74) is 3.00. The van der Waals surface area contributed by atoms with Crippen molar-refractivity contribution in [2.24, 2.45) is 0 Å². The molecule has 0 N–H and O–H groups in total. The summed E-state index contributed by atoms with van der Waals surface area (Å²) >= 11 is 0. The Labute approximate surface area is 166 Å². The Balaban J connectivity index is 2.07. The number of benzene rings is 3. The highest BCUT2D eigenvalue weighted by atomic mass is 19.1. The molecule has 0 saturated heterocycles. The number of para-hydroxylation sites is 1. The molecule has 0 spiro atoms. The number of hydrogen-bond acceptors (Lipinski definition) is 3. The topological polar surface area (TPSA) is 39.2 Å². The molecular formula is C24H17F2NO2. The predicted molar refractivity (Wildman–Crippen MR) is 109 cm³/mol. The van der Waals surface area contributed by atoms with Gasteiger partial charge in [0.05, 0.1) is 12.8 Å². The summed E-state index contributed by atoms with van der Waals surface area (Å²) in [4.78, 5) is 16.3. The zero-order valence-corrected chi connectivity index (χ0v) is 15.9. The Kier molecular flexibility index (Phi) is 4.80. The molecule has 1 heterocycles. The SMILES string of the molecule is COc1ccccc1-c1cc(-c2cccc(C(C)=O)c2)c2cc(F)cc(F)c2n1. The van der Waals surface area contributed by atoms with Crippen LogP contribution in [0.1, 0.15) is 17.3 Å². The highest BCUT2D eigenvalue weighted by Gasteiger charge is 2.16. The Morgan fingerprint density at radius 1 is 0.931 bits per heavy atom. The normalized spacial score (nSPS) is 10.9. The first kappa shape index (κ1) is 18.7. The van der Waals surface area contributed by atoms with Gasteiger partial charge in [0, 0.05) is 22.6 Å². The van der Waals surface area contributed by atoms with Crippen LogP contribution in [0.3, 0.4) is 0 Å². The highest BCUT2D eigenvalue weighted by Crippen LogP contribution is 2.36. The van der Waals surface area contributed by atoms with Crippen LogP contribution < -0.4 is 4.74 Å². The molecule has 0 aliphatic rings. The van der Waals surface area contributed by atoms with Crippen LogP contribution >= 0.6 is 0 Å². The number of Topliss-reactive ketones (excluding diaryl/α,β-unsaturated/α-hetero) is 1. The van der Waals surface area contributed by atoms with Gasteiger partial charge >= 0.3 is 0 Å². The van der Waals surface area contributed by atoms with E-state index in [1.807, 2.05) is 18.2 Å². The van der Waals surface area contributed by atoms with E-state index in [1.54, 1.807) is 43.5 Å². The fourth-order valence-corrected chi connectivity index (χ4v) is 3.39. The van der Waals surface area contributed by atoms with E-state index in [4.69, 9.17) is 4.74 Å². The Morgan fingerprint density at radius 2 is 1.72 bits per heavy atom. The van der Waals surface area contributed by atoms with Crippen molar-refractivity contribution in [1.82, 2.24) is 4.98 Å². The first-order chi connectivity index (χ1) is 14.0. The molecule has 4 aromatic rings. The summed E-state index contributed by atoms with van der Waals surface area (Å²) in [5, 5.41) is 0.335. The average molecular weight is 389 g/mol. The van der Waals surface area contributed by atoms with Crippen molar-refractivity contribution in [3.8, 4) is 28.1 Å². The molecule has 0 atom stereocenters. The third kappa shape index (κ3) is 3.47. The number of nitrogens with zero attached hydrogens (tertiary/aromatic N) is 1. The number of aromatic nitrogens is 1. The van der Waals surface area contributed by atoms with Crippen molar-refractivity contribution >= 4 is 16.7 Å². The van der Waals surface area contributed by atoms with Gasteiger partial charge in [-0.3, -0.25) is 4.79 Å². The van der Waals surface area contributed by atoms with Gasteiger partial charge in [0.2, 0.25) is 0 Å². The number of rotatable bonds is 4. The van der Waals surface area contributed by atoms with Crippen molar-refractivity contribution in [3.05, 3.63) is 83.9 Å². The predicted octanol–water partition coefficient (Wildman–Crippen LogP) is 6.06. The molecule has 5 heteroatoms. The molecule has 0 fully saturated rings. The lowest BCUT2D eigenvalue weighted by molar-refractivity contribution is 0.101. The molecule has 0 bridgehead atoms. The first-order valence-corrected chi connectivity index (χ1v) is 9.02. The maximum absolute atomic E-state index is 14.6. The van der Waals surface area contributed by atoms with Gasteiger partial charge in [0.15, 0.2) is 11.6 Å². The van der Waals surface area contributed by atoms with Crippen LogP contribution in [0.4, 0.5) is 8.78 Å². The Morgan fingerprint density at radius 3 is 2.48 bits per heavy atom. The smallest absolute Gasteiger partial charge is 0.159 e. The van der Waals surface area contributed by atoms with Crippen molar-refractivity contribution in [2.75, 3.05) is 7.11 Å². The molecule has 29 heavy (non-hydrogen) atoms. The molecule has 0 amide bonds. The summed E-state index contributed by atoms with van der Waals surface area (Å²) in [7, 11) is 1.55. The number of ether oxygens (including phenoxy) is 1. The summed E-state index contributed by atoms with van der Waals surface area (Å²) in [6.07, 6.45) is 0. The second-order valence-electron chi connectivity index (χ2n) is 6.68. The summed E-state index contributed by atoms with van der Waals surface area (Å²) in [6, 6.07) is 18.1. The van der Waals surface area contributed by atoms with Crippen LogP contribution in [-0.2, 0) is 0 Å². The molecule has 3 nitrogen and oxygen atoms in total. The fraction of sp³-hybridized carbons (Fsp3) is 0.0833. The molecule has 4 rings (SSSR count). The van der Waals surface area contributed by atoms with Crippen molar-refractivity contribution in [2.45, 2.75) is 6.92 Å². The van der Waals surface area contributed by atoms with Crippen LogP contribution in [0.2, 0.25) is 0 Å². The Bertz CT molecular complexity index is 1250. The van der Waals surface area contributed by atoms with E-state index in [-0.39, 0.29) is 11.3 Å². The van der Waals surface area contributed by atoms with Gasteiger partial charge in [-0.2, -0.15) is 0 Å². The van der Waals surface area contributed by atoms with Crippen LogP contribution in [0, 0.1) is 11.6 Å². The minimum atomic E-state index is -0.749. The van der Waals surface area contributed by atoms with E-state index in [9.17, 15) is 13.6 Å². The summed E-state index contributed by atoms with van der Waals surface area (Å²) in [6.45, 7) is 1.48. The quantitative estimate of drug-likeness (QED) is 0.398. The molecule has 0 saturated carbocycles. The number of carbonyl (C=O) groups is 1. The van der Waals surface area contributed by atoms with Gasteiger partial charge < -0.3 is 4.74 Å². The molecule has 3 aromatic carbocycles. The summed E-state index contributed by atoms with van der Waals surface area (Å²) < 4.78 is 34.1. The molecule has 0 aliphatic heterocycles. The number of methoxy groups -OCH3 is 1. The lowest BCUT2D eigenvalue weighted by atomic mass is 9.96. The van der Waals surface area contributed by atoms with E-state index in [0.29, 0.717) is 39.1 Å². The van der Waals surface area contributed by atoms with Crippen LogP contribution in [0.15, 0.2) is 66.7 Å². The van der Waals surface area contributed by atoms with E-state index in [0.717, 1.165) is 6.07 Å². The van der Waals surface area contributed by atoms with Gasteiger partial charge in [-0.05, 0) is 48.4 Å². The molecule has 0 aliphatic carbocycles. The van der Waals surface area contributed by atoms with Crippen LogP contribution in [0.25, 0.3) is 33.3 Å². The monoisotopic (exact) mass is 389 g/mol. The Hall–Kier alpha value is -3.60. The maximum atomic E-state index is 14.6. The average Bonchev–Trinajstić information content (AvgIpc) is 2.73. The number of fused-ring (bicyclic) bond motifs is 1. The number of carbonyl (C=O) groups excluding carboxylic acids is 1. The lowest BCUT2D eigenvalue weighted by Gasteiger charge is -2.13. The lowest BCUT2D eigenvalue weighted by Crippen LogP contribution is -1.97. The minimum absolute atomic E-state index is 0.0537. The maximum Gasteiger partial charge on any atom is 0.159 e. The third-order valence-corrected chi connectivity index (χ3v) is 4.79. The molecule has 1 aromatic heterocycles. The molecular weight excluding hydrogens is 372 g/mol. The second-order valence-corrected chi connectivity index (χ2v) is 6.68. The number of ketones is 1. The number of halogens is 2. The standard InChI is InChI=1S/C24H17F2NO2/c1-14(28)15-6-5-7-16(10-15)19-13-22(18-8-3-4-9-23(18)29-2)27-24-20(19)11-17(25)12-21(24)26/h3-13H,1-2H3. The van der Waals surface area contributed by atoms with Crippen molar-refractivity contribution in [3.63, 3.8) is 0 Å². The zero-order chi connectivity index (χ0) is 20.5. The zero-order valence-electron chi connectivity index (χ0n) is 15.9. The minimum Gasteiger partial charge on any atom is -0.496 e. The van der Waals surface area contributed by atoms with E-state index in [1.165, 1.54) is 13.0 Å². The molecule has 144 valence electrons. The first-order valence-electron chi connectivity index (χ1n) is 9.02. The largest absolute Gasteiger partial charge is 0.496 e. The van der Waals surface area contributed by atoms with Gasteiger partial charge in [0.25, 0.3) is 0 Å². The van der Waals surface area contributed by atoms with Crippen molar-refractivity contribution < 1.29 is 18.3 Å². The van der Waals surface area contributed by atoms with Gasteiger partial charge in [-0.15, -0.1) is 0 Å². The molecule has 0 radical (unpaired) electrons. The van der Waals surface area contributed by atoms with E-state index >= 15 is 0 Å². The molecule has 0 unspecified atom stereocenters. The van der Waals surface area contributed by atoms with Gasteiger partial charge in [-0.25, -0.2) is 13.8 Å². The fourth-order valence-electron chi connectivity index (χ4n) is 3.39. The summed E-state index contributed by atoms with van der Waals surface area (Å²) in [5.74, 6) is -0.940. The highest BCUT2D eigenvalue weighted by molar-refractivity contribution is 6.00. The van der Waals surface area contributed by atoms with Crippen LogP contribution in [-0.4, -0.2) is 17.9 Å². The number of pyridine rings is 1. The van der Waals surface area contributed by atoms with Gasteiger partial charge in [-0.1, -0.05) is 30.3 Å². The second kappa shape index (κ2) is 7.43. The van der Waals surface area contributed by atoms with E-state index in [2.05, 4.69) is 4.98 Å². The number of hydrogen-bond donors (Lipinski definition) is 0. The van der Waals surface area contributed by atoms with Crippen molar-refractivity contribution in [1.29, 1.82) is 0 Å². The van der Waals surface area contributed by atoms with Gasteiger partial charge in [0.1, 0.15) is 17.1 Å².